The lowest BCUT2D eigenvalue weighted by atomic mass is 9.46. The molecular weight excluding hydrogens is 284 g/mol. The highest BCUT2D eigenvalue weighted by Gasteiger charge is 2.69. The molecule has 2 bridgehead atoms. The van der Waals surface area contributed by atoms with Gasteiger partial charge in [0, 0.05) is 0 Å². The van der Waals surface area contributed by atoms with Gasteiger partial charge in [-0.05, 0) is 96.8 Å². The number of ether oxygens (including phenoxy) is 1. The molecule has 1 aromatic carbocycles. The SMILES string of the molecule is COc1ccc2c(c1)CC[C@@H]1[C@@H]2CC[C@]2(C)[C@H](O)[C@H]3CC[C@@]12C3. The molecule has 0 saturated heterocycles. The third-order valence-corrected chi connectivity index (χ3v) is 8.47. The second-order valence-corrected chi connectivity index (χ2v) is 8.88. The number of rotatable bonds is 1. The molecule has 5 rings (SSSR count). The van der Waals surface area contributed by atoms with Crippen molar-refractivity contribution in [3.63, 3.8) is 0 Å². The first kappa shape index (κ1) is 14.3. The summed E-state index contributed by atoms with van der Waals surface area (Å²) in [5, 5.41) is 10.9. The summed E-state index contributed by atoms with van der Waals surface area (Å²) in [6, 6.07) is 6.74. The monoisotopic (exact) mass is 312 g/mol. The molecule has 3 fully saturated rings. The molecule has 0 aliphatic heterocycles. The minimum atomic E-state index is -0.0468. The Kier molecular flexibility index (Phi) is 2.83. The van der Waals surface area contributed by atoms with Gasteiger partial charge in [0.05, 0.1) is 13.2 Å². The second kappa shape index (κ2) is 4.53. The molecule has 0 unspecified atom stereocenters. The van der Waals surface area contributed by atoms with E-state index in [2.05, 4.69) is 25.1 Å². The normalized spacial score (nSPS) is 46.9. The molecule has 6 atom stereocenters. The van der Waals surface area contributed by atoms with Gasteiger partial charge < -0.3 is 9.84 Å². The van der Waals surface area contributed by atoms with Crippen molar-refractivity contribution >= 4 is 0 Å². The van der Waals surface area contributed by atoms with E-state index >= 15 is 0 Å². The van der Waals surface area contributed by atoms with Crippen molar-refractivity contribution in [1.82, 2.24) is 0 Å². The van der Waals surface area contributed by atoms with E-state index in [0.717, 1.165) is 11.7 Å². The van der Waals surface area contributed by atoms with Gasteiger partial charge in [0.25, 0.3) is 0 Å². The summed E-state index contributed by atoms with van der Waals surface area (Å²) in [6.45, 7) is 2.41. The largest absolute Gasteiger partial charge is 0.497 e. The molecule has 2 nitrogen and oxygen atoms in total. The number of methoxy groups -OCH3 is 1. The van der Waals surface area contributed by atoms with Crippen molar-refractivity contribution in [2.45, 2.75) is 63.9 Å². The standard InChI is InChI=1S/C21H28O2/c1-20-9-8-17-16-5-4-15(23-2)11-13(16)3-6-18(17)21(20)10-7-14(12-21)19(20)22/h4-5,11,14,17-19,22H,3,6-10,12H2,1-2H3/t14-,17+,18+,19+,20+,21+/m0/s1. The van der Waals surface area contributed by atoms with Crippen LogP contribution in [0.25, 0.3) is 0 Å². The fourth-order valence-corrected chi connectivity index (χ4v) is 7.36. The van der Waals surface area contributed by atoms with E-state index in [1.54, 1.807) is 12.7 Å². The predicted molar refractivity (Wildman–Crippen MR) is 90.7 cm³/mol. The van der Waals surface area contributed by atoms with Crippen LogP contribution in [-0.2, 0) is 6.42 Å². The van der Waals surface area contributed by atoms with Crippen LogP contribution < -0.4 is 4.74 Å². The Morgan fingerprint density at radius 3 is 2.87 bits per heavy atom. The topological polar surface area (TPSA) is 29.5 Å². The van der Waals surface area contributed by atoms with E-state index in [0.29, 0.717) is 17.3 Å². The van der Waals surface area contributed by atoms with E-state index in [4.69, 9.17) is 4.74 Å². The van der Waals surface area contributed by atoms with E-state index in [1.165, 1.54) is 50.5 Å². The highest BCUT2D eigenvalue weighted by atomic mass is 16.5. The number of hydrogen-bond acceptors (Lipinski definition) is 2. The van der Waals surface area contributed by atoms with Gasteiger partial charge in [-0.1, -0.05) is 13.0 Å². The Labute approximate surface area is 139 Å². The van der Waals surface area contributed by atoms with Crippen molar-refractivity contribution < 1.29 is 9.84 Å². The van der Waals surface area contributed by atoms with Crippen molar-refractivity contribution in [2.24, 2.45) is 22.7 Å². The maximum Gasteiger partial charge on any atom is 0.119 e. The van der Waals surface area contributed by atoms with E-state index in [-0.39, 0.29) is 11.5 Å². The average Bonchev–Trinajstić information content (AvgIpc) is 3.11. The first-order chi connectivity index (χ1) is 11.1. The lowest BCUT2D eigenvalue weighted by Gasteiger charge is -2.59. The van der Waals surface area contributed by atoms with Gasteiger partial charge in [0.1, 0.15) is 5.75 Å². The molecule has 0 aromatic heterocycles. The number of aryl methyl sites for hydroxylation is 1. The zero-order valence-electron chi connectivity index (χ0n) is 14.3. The first-order valence-corrected chi connectivity index (χ1v) is 9.44. The van der Waals surface area contributed by atoms with E-state index < -0.39 is 0 Å². The van der Waals surface area contributed by atoms with Gasteiger partial charge >= 0.3 is 0 Å². The van der Waals surface area contributed by atoms with Gasteiger partial charge in [0.15, 0.2) is 0 Å². The third-order valence-electron chi connectivity index (χ3n) is 8.47. The van der Waals surface area contributed by atoms with Gasteiger partial charge in [-0.3, -0.25) is 0 Å². The Morgan fingerprint density at radius 2 is 2.04 bits per heavy atom. The van der Waals surface area contributed by atoms with E-state index in [1.807, 2.05) is 0 Å². The smallest absolute Gasteiger partial charge is 0.119 e. The minimum absolute atomic E-state index is 0.0468. The lowest BCUT2D eigenvalue weighted by Crippen LogP contribution is -2.53. The molecule has 1 spiro atoms. The molecule has 3 saturated carbocycles. The maximum absolute atomic E-state index is 10.9. The van der Waals surface area contributed by atoms with Crippen LogP contribution in [0.15, 0.2) is 18.2 Å². The molecular formula is C21H28O2. The number of hydrogen-bond donors (Lipinski definition) is 1. The summed E-state index contributed by atoms with van der Waals surface area (Å²) in [7, 11) is 1.76. The zero-order chi connectivity index (χ0) is 15.8. The number of fused-ring (bicyclic) bond motifs is 4. The van der Waals surface area contributed by atoms with Gasteiger partial charge in [0.2, 0.25) is 0 Å². The molecule has 0 heterocycles. The van der Waals surface area contributed by atoms with Crippen LogP contribution in [-0.4, -0.2) is 18.3 Å². The summed E-state index contributed by atoms with van der Waals surface area (Å²) >= 11 is 0. The molecule has 0 amide bonds. The van der Waals surface area contributed by atoms with Crippen LogP contribution >= 0.6 is 0 Å². The van der Waals surface area contributed by atoms with Crippen molar-refractivity contribution in [3.8, 4) is 5.75 Å². The third kappa shape index (κ3) is 1.59. The molecule has 124 valence electrons. The summed E-state index contributed by atoms with van der Waals surface area (Å²) in [4.78, 5) is 0. The summed E-state index contributed by atoms with van der Waals surface area (Å²) in [5.41, 5.74) is 3.69. The average molecular weight is 312 g/mol. The molecule has 4 aliphatic carbocycles. The van der Waals surface area contributed by atoms with Crippen molar-refractivity contribution in [3.05, 3.63) is 29.3 Å². The van der Waals surface area contributed by atoms with Crippen molar-refractivity contribution in [1.29, 1.82) is 0 Å². The lowest BCUT2D eigenvalue weighted by molar-refractivity contribution is -0.116. The van der Waals surface area contributed by atoms with Gasteiger partial charge in [-0.15, -0.1) is 0 Å². The van der Waals surface area contributed by atoms with E-state index in [9.17, 15) is 5.11 Å². The zero-order valence-corrected chi connectivity index (χ0v) is 14.3. The highest BCUT2D eigenvalue weighted by molar-refractivity contribution is 5.41. The quantitative estimate of drug-likeness (QED) is 0.837. The number of aliphatic hydroxyl groups excluding tert-OH is 1. The van der Waals surface area contributed by atoms with Crippen molar-refractivity contribution in [2.75, 3.05) is 7.11 Å². The van der Waals surface area contributed by atoms with Crippen LogP contribution in [0.4, 0.5) is 0 Å². The van der Waals surface area contributed by atoms with Gasteiger partial charge in [-0.2, -0.15) is 0 Å². The molecule has 1 N–H and O–H groups in total. The Balaban J connectivity index is 1.58. The molecule has 1 aromatic rings. The van der Waals surface area contributed by atoms with Crippen LogP contribution in [0.2, 0.25) is 0 Å². The van der Waals surface area contributed by atoms with Crippen LogP contribution in [0.5, 0.6) is 5.75 Å². The van der Waals surface area contributed by atoms with Gasteiger partial charge in [-0.25, -0.2) is 0 Å². The minimum Gasteiger partial charge on any atom is -0.497 e. The molecule has 0 radical (unpaired) electrons. The maximum atomic E-state index is 10.9. The van der Waals surface area contributed by atoms with Crippen LogP contribution in [0.1, 0.15) is 62.5 Å². The number of aliphatic hydroxyl groups is 1. The molecule has 23 heavy (non-hydrogen) atoms. The Bertz CT molecular complexity index is 653. The predicted octanol–water partition coefficient (Wildman–Crippen LogP) is 4.30. The fourth-order valence-electron chi connectivity index (χ4n) is 7.36. The molecule has 2 heteroatoms. The fraction of sp³-hybridized carbons (Fsp3) is 0.714. The Hall–Kier alpha value is -1.02. The first-order valence-electron chi connectivity index (χ1n) is 9.44. The summed E-state index contributed by atoms with van der Waals surface area (Å²) in [6.07, 6.45) is 8.81. The molecule has 4 aliphatic rings. The second-order valence-electron chi connectivity index (χ2n) is 8.88. The summed E-state index contributed by atoms with van der Waals surface area (Å²) in [5.74, 6) is 3.07. The number of benzene rings is 1. The Morgan fingerprint density at radius 1 is 1.17 bits per heavy atom. The van der Waals surface area contributed by atoms with Crippen LogP contribution in [0.3, 0.4) is 0 Å². The summed E-state index contributed by atoms with van der Waals surface area (Å²) < 4.78 is 5.43. The highest BCUT2D eigenvalue weighted by Crippen LogP contribution is 2.74. The van der Waals surface area contributed by atoms with Crippen LogP contribution in [0, 0.1) is 22.7 Å².